The van der Waals surface area contributed by atoms with Crippen LogP contribution in [-0.2, 0) is 0 Å². The summed E-state index contributed by atoms with van der Waals surface area (Å²) in [5.74, 6) is -0.134. The van der Waals surface area contributed by atoms with Crippen LogP contribution in [0.1, 0.15) is 15.9 Å². The van der Waals surface area contributed by atoms with E-state index in [0.717, 1.165) is 10.8 Å². The van der Waals surface area contributed by atoms with E-state index in [0.29, 0.717) is 16.9 Å². The van der Waals surface area contributed by atoms with Gasteiger partial charge in [-0.25, -0.2) is 0 Å². The topological polar surface area (TPSA) is 89.7 Å². The van der Waals surface area contributed by atoms with Crippen LogP contribution in [0.25, 0.3) is 16.8 Å². The molecule has 1 aliphatic heterocycles. The van der Waals surface area contributed by atoms with Gasteiger partial charge in [-0.1, -0.05) is 36.4 Å². The van der Waals surface area contributed by atoms with E-state index in [2.05, 4.69) is 0 Å². The largest absolute Gasteiger partial charge is 0.502 e. The molecule has 0 fully saturated rings. The number of nitrogens with zero attached hydrogens (tertiary/aromatic N) is 1. The first-order valence-corrected chi connectivity index (χ1v) is 7.48. The normalized spacial score (nSPS) is 14.6. The predicted octanol–water partition coefficient (Wildman–Crippen LogP) is 4.07. The number of benzene rings is 3. The first kappa shape index (κ1) is 14.9. The van der Waals surface area contributed by atoms with Crippen molar-refractivity contribution in [2.24, 2.45) is 0 Å². The number of phenolic OH excluding ortho intramolecular Hbond substituents is 1. The molecular weight excluding hydrogens is 322 g/mol. The number of aromatic hydroxyl groups is 1. The van der Waals surface area contributed by atoms with Crippen LogP contribution in [0.15, 0.2) is 60.4 Å². The number of rotatable bonds is 2. The Balaban J connectivity index is 1.79. The third-order valence-corrected chi connectivity index (χ3v) is 4.05. The highest BCUT2D eigenvalue weighted by Gasteiger charge is 2.29. The Morgan fingerprint density at radius 1 is 1.08 bits per heavy atom. The Morgan fingerprint density at radius 2 is 1.88 bits per heavy atom. The van der Waals surface area contributed by atoms with E-state index >= 15 is 0 Å². The van der Waals surface area contributed by atoms with Gasteiger partial charge in [-0.15, -0.1) is 0 Å². The van der Waals surface area contributed by atoms with E-state index in [9.17, 15) is 20.0 Å². The van der Waals surface area contributed by atoms with Crippen molar-refractivity contribution < 1.29 is 19.6 Å². The summed E-state index contributed by atoms with van der Waals surface area (Å²) in [6.07, 6.45) is 1.43. The highest BCUT2D eigenvalue weighted by atomic mass is 16.6. The molecule has 25 heavy (non-hydrogen) atoms. The summed E-state index contributed by atoms with van der Waals surface area (Å²) in [5, 5.41) is 22.2. The third kappa shape index (κ3) is 2.40. The van der Waals surface area contributed by atoms with Gasteiger partial charge in [0.25, 0.3) is 0 Å². The second-order valence-electron chi connectivity index (χ2n) is 5.61. The first-order valence-electron chi connectivity index (χ1n) is 7.48. The summed E-state index contributed by atoms with van der Waals surface area (Å²) in [6, 6.07) is 15.0. The maximum atomic E-state index is 12.6. The highest BCUT2D eigenvalue weighted by Crippen LogP contribution is 2.38. The molecule has 3 aromatic rings. The molecule has 3 aromatic carbocycles. The van der Waals surface area contributed by atoms with Gasteiger partial charge in [-0.2, -0.15) is 0 Å². The van der Waals surface area contributed by atoms with Crippen molar-refractivity contribution >= 4 is 28.3 Å². The Kier molecular flexibility index (Phi) is 3.25. The summed E-state index contributed by atoms with van der Waals surface area (Å²) in [6.45, 7) is 0. The maximum absolute atomic E-state index is 12.6. The van der Waals surface area contributed by atoms with Gasteiger partial charge in [0.2, 0.25) is 5.78 Å². The Hall–Kier alpha value is -3.67. The van der Waals surface area contributed by atoms with Crippen LogP contribution >= 0.6 is 0 Å². The fourth-order valence-corrected chi connectivity index (χ4v) is 2.84. The van der Waals surface area contributed by atoms with Crippen LogP contribution in [0.4, 0.5) is 5.69 Å². The van der Waals surface area contributed by atoms with Gasteiger partial charge >= 0.3 is 5.69 Å². The fourth-order valence-electron chi connectivity index (χ4n) is 2.84. The van der Waals surface area contributed by atoms with E-state index < -0.39 is 16.4 Å². The lowest BCUT2D eigenvalue weighted by atomic mass is 10.0. The van der Waals surface area contributed by atoms with Crippen molar-refractivity contribution in [3.63, 3.8) is 0 Å². The van der Waals surface area contributed by atoms with E-state index in [1.807, 2.05) is 30.3 Å². The lowest BCUT2D eigenvalue weighted by Crippen LogP contribution is -1.98. The minimum Gasteiger partial charge on any atom is -0.502 e. The molecule has 4 rings (SSSR count). The van der Waals surface area contributed by atoms with Gasteiger partial charge in [0.15, 0.2) is 11.5 Å². The number of Topliss-reactive ketones (excluding diaryl/α,β-unsaturated/α-hetero) is 1. The molecule has 0 spiro atoms. The zero-order chi connectivity index (χ0) is 17.6. The summed E-state index contributed by atoms with van der Waals surface area (Å²) in [5.41, 5.74) is 0.422. The number of hydrogen-bond acceptors (Lipinski definition) is 5. The monoisotopic (exact) mass is 333 g/mol. The first-order chi connectivity index (χ1) is 12.0. The van der Waals surface area contributed by atoms with E-state index in [1.54, 1.807) is 6.07 Å². The lowest BCUT2D eigenvalue weighted by Gasteiger charge is -2.03. The minimum atomic E-state index is -0.684. The van der Waals surface area contributed by atoms with E-state index in [1.165, 1.54) is 24.3 Å². The molecule has 0 saturated heterocycles. The highest BCUT2D eigenvalue weighted by molar-refractivity contribution is 6.17. The molecule has 1 aliphatic rings. The van der Waals surface area contributed by atoms with Crippen molar-refractivity contribution in [2.45, 2.75) is 0 Å². The van der Waals surface area contributed by atoms with Gasteiger partial charge in [0.05, 0.1) is 10.5 Å². The summed E-state index contributed by atoms with van der Waals surface area (Å²) in [4.78, 5) is 22.8. The average molecular weight is 333 g/mol. The molecule has 0 bridgehead atoms. The molecule has 0 amide bonds. The molecule has 0 radical (unpaired) electrons. The molecule has 1 N–H and O–H groups in total. The molecule has 6 heteroatoms. The number of nitro benzene ring substituents is 1. The fraction of sp³-hybridized carbons (Fsp3) is 0. The van der Waals surface area contributed by atoms with Crippen molar-refractivity contribution in [3.8, 4) is 11.5 Å². The number of allylic oxidation sites excluding steroid dienone is 1. The van der Waals surface area contributed by atoms with Gasteiger partial charge in [-0.3, -0.25) is 14.9 Å². The quantitative estimate of drug-likeness (QED) is 0.434. The van der Waals surface area contributed by atoms with Gasteiger partial charge in [0.1, 0.15) is 5.75 Å². The zero-order valence-corrected chi connectivity index (χ0v) is 12.8. The van der Waals surface area contributed by atoms with E-state index in [4.69, 9.17) is 4.74 Å². The number of ether oxygens (including phenoxy) is 1. The number of nitro groups is 1. The van der Waals surface area contributed by atoms with Crippen LogP contribution < -0.4 is 4.74 Å². The maximum Gasteiger partial charge on any atom is 0.311 e. The van der Waals surface area contributed by atoms with Gasteiger partial charge < -0.3 is 9.84 Å². The van der Waals surface area contributed by atoms with Crippen LogP contribution in [-0.4, -0.2) is 15.8 Å². The number of hydrogen-bond donors (Lipinski definition) is 1. The average Bonchev–Trinajstić information content (AvgIpc) is 2.93. The summed E-state index contributed by atoms with van der Waals surface area (Å²) >= 11 is 0. The summed E-state index contributed by atoms with van der Waals surface area (Å²) in [7, 11) is 0. The number of carbonyl (C=O) groups excluding carboxylic acids is 1. The number of ketones is 1. The molecule has 0 unspecified atom stereocenters. The second-order valence-corrected chi connectivity index (χ2v) is 5.61. The van der Waals surface area contributed by atoms with Crippen LogP contribution in [0, 0.1) is 10.1 Å². The second kappa shape index (κ2) is 5.45. The Bertz CT molecular complexity index is 1080. The van der Waals surface area contributed by atoms with Gasteiger partial charge in [-0.05, 0) is 29.2 Å². The minimum absolute atomic E-state index is 0.0892. The lowest BCUT2D eigenvalue weighted by molar-refractivity contribution is -0.385. The molecule has 0 atom stereocenters. The van der Waals surface area contributed by atoms with Crippen molar-refractivity contribution in [3.05, 3.63) is 81.6 Å². The standard InChI is InChI=1S/C19H11NO5/c21-16-8-5-11(9-15(16)20(23)24)10-17-18(22)14-7-6-12-3-1-2-4-13(12)19(14)25-17/h1-10,21H. The Labute approximate surface area is 141 Å². The van der Waals surface area contributed by atoms with Crippen molar-refractivity contribution in [2.75, 3.05) is 0 Å². The van der Waals surface area contributed by atoms with Crippen LogP contribution in [0.2, 0.25) is 0 Å². The number of carbonyl (C=O) groups is 1. The zero-order valence-electron chi connectivity index (χ0n) is 12.8. The molecule has 0 saturated carbocycles. The van der Waals surface area contributed by atoms with Crippen molar-refractivity contribution in [1.82, 2.24) is 0 Å². The third-order valence-electron chi connectivity index (χ3n) is 4.05. The Morgan fingerprint density at radius 3 is 2.68 bits per heavy atom. The van der Waals surface area contributed by atoms with Crippen LogP contribution in [0.3, 0.4) is 0 Å². The molecule has 122 valence electrons. The molecule has 0 aromatic heterocycles. The van der Waals surface area contributed by atoms with E-state index in [-0.39, 0.29) is 11.5 Å². The van der Waals surface area contributed by atoms with Gasteiger partial charge in [0, 0.05) is 11.5 Å². The smallest absolute Gasteiger partial charge is 0.311 e. The summed E-state index contributed by atoms with van der Waals surface area (Å²) < 4.78 is 5.75. The molecular formula is C19H11NO5. The number of phenols is 1. The molecule has 6 nitrogen and oxygen atoms in total. The van der Waals surface area contributed by atoms with Crippen molar-refractivity contribution in [1.29, 1.82) is 0 Å². The SMILES string of the molecule is O=C1C(=Cc2ccc(O)c([N+](=O)[O-])c2)Oc2c1ccc1ccccc21. The number of fused-ring (bicyclic) bond motifs is 3. The molecule has 1 heterocycles. The predicted molar refractivity (Wildman–Crippen MR) is 91.6 cm³/mol. The van der Waals surface area contributed by atoms with Crippen LogP contribution in [0.5, 0.6) is 11.5 Å². The molecule has 0 aliphatic carbocycles.